The summed E-state index contributed by atoms with van der Waals surface area (Å²) in [5.74, 6) is -0.144. The van der Waals surface area contributed by atoms with Gasteiger partial charge in [0.15, 0.2) is 0 Å². The highest BCUT2D eigenvalue weighted by atomic mass is 16.5. The molecule has 2 aliphatic rings. The maximum absolute atomic E-state index is 10.5. The van der Waals surface area contributed by atoms with Crippen molar-refractivity contribution in [1.82, 2.24) is 9.80 Å². The summed E-state index contributed by atoms with van der Waals surface area (Å²) < 4.78 is 5.47. The molecule has 0 unspecified atom stereocenters. The van der Waals surface area contributed by atoms with Crippen LogP contribution in [-0.2, 0) is 9.53 Å². The molecule has 0 spiro atoms. The maximum Gasteiger partial charge on any atom is 0.329 e. The zero-order valence-corrected chi connectivity index (χ0v) is 13.0. The first kappa shape index (κ1) is 15.7. The van der Waals surface area contributed by atoms with Crippen molar-refractivity contribution in [1.29, 1.82) is 0 Å². The fourth-order valence-electron chi connectivity index (χ4n) is 3.38. The summed E-state index contributed by atoms with van der Waals surface area (Å²) in [5.41, 5.74) is -0.256. The number of nitrogens with zero attached hydrogens (tertiary/aromatic N) is 2. The van der Waals surface area contributed by atoms with Crippen LogP contribution in [0.3, 0.4) is 0 Å². The molecule has 2 aliphatic heterocycles. The van der Waals surface area contributed by atoms with Gasteiger partial charge >= 0.3 is 5.97 Å². The minimum Gasteiger partial charge on any atom is -0.480 e. The second-order valence-electron chi connectivity index (χ2n) is 6.96. The normalized spacial score (nSPS) is 24.8. The first-order chi connectivity index (χ1) is 9.38. The largest absolute Gasteiger partial charge is 0.480 e. The third kappa shape index (κ3) is 4.17. The summed E-state index contributed by atoms with van der Waals surface area (Å²) in [5, 5.41) is 8.67. The third-order valence-electron chi connectivity index (χ3n) is 4.32. The minimum absolute atomic E-state index is 0.183. The van der Waals surface area contributed by atoms with Gasteiger partial charge in [-0.25, -0.2) is 4.79 Å². The van der Waals surface area contributed by atoms with Crippen LogP contribution >= 0.6 is 0 Å². The Morgan fingerprint density at radius 3 is 2.45 bits per heavy atom. The molecule has 20 heavy (non-hydrogen) atoms. The predicted octanol–water partition coefficient (Wildman–Crippen LogP) is 1.28. The molecule has 5 nitrogen and oxygen atoms in total. The number of ether oxygens (including phenoxy) is 1. The van der Waals surface area contributed by atoms with Gasteiger partial charge in [0, 0.05) is 25.7 Å². The lowest BCUT2D eigenvalue weighted by Gasteiger charge is -2.52. The van der Waals surface area contributed by atoms with Gasteiger partial charge in [0.25, 0.3) is 0 Å². The van der Waals surface area contributed by atoms with Gasteiger partial charge in [-0.05, 0) is 38.8 Å². The molecular weight excluding hydrogens is 256 g/mol. The van der Waals surface area contributed by atoms with Crippen molar-refractivity contribution in [3.8, 4) is 0 Å². The van der Waals surface area contributed by atoms with Crippen LogP contribution < -0.4 is 0 Å². The highest BCUT2D eigenvalue weighted by Crippen LogP contribution is 2.30. The van der Waals surface area contributed by atoms with E-state index in [-0.39, 0.29) is 12.2 Å². The van der Waals surface area contributed by atoms with Crippen molar-refractivity contribution in [2.45, 2.75) is 45.3 Å². The van der Waals surface area contributed by atoms with Crippen molar-refractivity contribution < 1.29 is 14.6 Å². The van der Waals surface area contributed by atoms with E-state index >= 15 is 0 Å². The van der Waals surface area contributed by atoms with Crippen molar-refractivity contribution >= 4 is 5.97 Å². The van der Waals surface area contributed by atoms with Crippen molar-refractivity contribution in [3.63, 3.8) is 0 Å². The second-order valence-corrected chi connectivity index (χ2v) is 6.96. The third-order valence-corrected chi connectivity index (χ3v) is 4.32. The summed E-state index contributed by atoms with van der Waals surface area (Å²) in [6.07, 6.45) is 2.45. The molecule has 0 aromatic carbocycles. The molecule has 116 valence electrons. The summed E-state index contributed by atoms with van der Waals surface area (Å²) in [6.45, 7) is 11.7. The Labute approximate surface area is 121 Å². The lowest BCUT2D eigenvalue weighted by Crippen LogP contribution is -2.65. The predicted molar refractivity (Wildman–Crippen MR) is 77.9 cm³/mol. The van der Waals surface area contributed by atoms with Crippen LogP contribution in [0.1, 0.15) is 33.6 Å². The van der Waals surface area contributed by atoms with Crippen LogP contribution in [0.25, 0.3) is 0 Å². The average molecular weight is 284 g/mol. The molecule has 0 radical (unpaired) electrons. The highest BCUT2D eigenvalue weighted by Gasteiger charge is 2.43. The maximum atomic E-state index is 10.5. The molecule has 0 aliphatic carbocycles. The number of piperidine rings is 1. The SMILES string of the molecule is CC(C)CN1CCC(N2CC(C)(OCC(=O)O)C2)CC1. The number of hydrogen-bond donors (Lipinski definition) is 1. The molecule has 0 aromatic heterocycles. The van der Waals surface area contributed by atoms with Crippen LogP contribution in [-0.4, -0.2) is 71.8 Å². The molecular formula is C15H28N2O3. The Balaban J connectivity index is 1.68. The fourth-order valence-corrected chi connectivity index (χ4v) is 3.38. The highest BCUT2D eigenvalue weighted by molar-refractivity contribution is 5.68. The summed E-state index contributed by atoms with van der Waals surface area (Å²) in [7, 11) is 0. The van der Waals surface area contributed by atoms with Gasteiger partial charge in [0.2, 0.25) is 0 Å². The molecule has 5 heteroatoms. The van der Waals surface area contributed by atoms with E-state index in [0.717, 1.165) is 19.0 Å². The van der Waals surface area contributed by atoms with Gasteiger partial charge in [0.05, 0.1) is 5.60 Å². The number of likely N-dealkylation sites (tertiary alicyclic amines) is 2. The van der Waals surface area contributed by atoms with Crippen molar-refractivity contribution in [2.24, 2.45) is 5.92 Å². The zero-order valence-electron chi connectivity index (χ0n) is 13.0. The van der Waals surface area contributed by atoms with E-state index in [1.807, 2.05) is 6.92 Å². The summed E-state index contributed by atoms with van der Waals surface area (Å²) in [6, 6.07) is 0.653. The fraction of sp³-hybridized carbons (Fsp3) is 0.933. The Hall–Kier alpha value is -0.650. The van der Waals surface area contributed by atoms with E-state index in [9.17, 15) is 4.79 Å². The van der Waals surface area contributed by atoms with Gasteiger partial charge in [-0.2, -0.15) is 0 Å². The first-order valence-corrected chi connectivity index (χ1v) is 7.70. The number of rotatable bonds is 6. The molecule has 2 heterocycles. The van der Waals surface area contributed by atoms with E-state index < -0.39 is 5.97 Å². The summed E-state index contributed by atoms with van der Waals surface area (Å²) >= 11 is 0. The number of carboxylic acid groups (broad SMARTS) is 1. The Bertz CT molecular complexity index is 332. The van der Waals surface area contributed by atoms with Crippen LogP contribution in [0.5, 0.6) is 0 Å². The van der Waals surface area contributed by atoms with E-state index in [1.165, 1.54) is 32.5 Å². The lowest BCUT2D eigenvalue weighted by atomic mass is 9.90. The van der Waals surface area contributed by atoms with Crippen molar-refractivity contribution in [2.75, 3.05) is 39.3 Å². The molecule has 0 saturated carbocycles. The van der Waals surface area contributed by atoms with Crippen molar-refractivity contribution in [3.05, 3.63) is 0 Å². The van der Waals surface area contributed by atoms with Crippen LogP contribution in [0.15, 0.2) is 0 Å². The van der Waals surface area contributed by atoms with Gasteiger partial charge < -0.3 is 14.7 Å². The van der Waals surface area contributed by atoms with E-state index in [4.69, 9.17) is 9.84 Å². The standard InChI is InChI=1S/C15H28N2O3/c1-12(2)8-16-6-4-13(5-7-16)17-10-15(3,11-17)20-9-14(18)19/h12-13H,4-11H2,1-3H3,(H,18,19). The van der Waals surface area contributed by atoms with Crippen LogP contribution in [0.4, 0.5) is 0 Å². The molecule has 2 rings (SSSR count). The first-order valence-electron chi connectivity index (χ1n) is 7.70. The number of aliphatic carboxylic acids is 1. The second kappa shape index (κ2) is 6.41. The molecule has 0 amide bonds. The average Bonchev–Trinajstić information content (AvgIpc) is 2.33. The van der Waals surface area contributed by atoms with Crippen LogP contribution in [0.2, 0.25) is 0 Å². The number of carbonyl (C=O) groups is 1. The molecule has 0 aromatic rings. The van der Waals surface area contributed by atoms with Gasteiger partial charge in [-0.3, -0.25) is 4.90 Å². The van der Waals surface area contributed by atoms with E-state index in [1.54, 1.807) is 0 Å². The number of carboxylic acids is 1. The lowest BCUT2D eigenvalue weighted by molar-refractivity contribution is -0.171. The summed E-state index contributed by atoms with van der Waals surface area (Å²) in [4.78, 5) is 15.6. The van der Waals surface area contributed by atoms with E-state index in [2.05, 4.69) is 23.6 Å². The Morgan fingerprint density at radius 1 is 1.35 bits per heavy atom. The Kier molecular flexibility index (Phi) is 5.04. The zero-order chi connectivity index (χ0) is 14.8. The number of hydrogen-bond acceptors (Lipinski definition) is 4. The van der Waals surface area contributed by atoms with E-state index in [0.29, 0.717) is 6.04 Å². The molecule has 0 bridgehead atoms. The monoisotopic (exact) mass is 284 g/mol. The smallest absolute Gasteiger partial charge is 0.329 e. The van der Waals surface area contributed by atoms with Gasteiger partial charge in [0.1, 0.15) is 6.61 Å². The Morgan fingerprint density at radius 2 is 1.95 bits per heavy atom. The quantitative estimate of drug-likeness (QED) is 0.796. The van der Waals surface area contributed by atoms with Gasteiger partial charge in [-0.1, -0.05) is 13.8 Å². The topological polar surface area (TPSA) is 53.0 Å². The molecule has 2 saturated heterocycles. The van der Waals surface area contributed by atoms with Gasteiger partial charge in [-0.15, -0.1) is 0 Å². The minimum atomic E-state index is -0.883. The molecule has 1 N–H and O–H groups in total. The molecule has 0 atom stereocenters. The van der Waals surface area contributed by atoms with Crippen LogP contribution in [0, 0.1) is 5.92 Å². The molecule has 2 fully saturated rings.